The van der Waals surface area contributed by atoms with Crippen molar-refractivity contribution in [3.05, 3.63) is 39.0 Å². The molecule has 0 saturated heterocycles. The van der Waals surface area contributed by atoms with E-state index in [4.69, 9.17) is 4.98 Å². The number of rotatable bonds is 2. The second-order valence-electron chi connectivity index (χ2n) is 5.52. The first-order valence-electron chi connectivity index (χ1n) is 6.97. The van der Waals surface area contributed by atoms with Gasteiger partial charge >= 0.3 is 0 Å². The van der Waals surface area contributed by atoms with Crippen molar-refractivity contribution < 1.29 is 5.11 Å². The van der Waals surface area contributed by atoms with E-state index in [1.165, 1.54) is 22.3 Å². The minimum atomic E-state index is -0.0639. The van der Waals surface area contributed by atoms with Crippen molar-refractivity contribution in [3.8, 4) is 11.3 Å². The number of aliphatic hydroxyl groups is 1. The maximum Gasteiger partial charge on any atom is 0.213 e. The van der Waals surface area contributed by atoms with Gasteiger partial charge in [0.2, 0.25) is 4.96 Å². The first-order valence-corrected chi connectivity index (χ1v) is 7.79. The van der Waals surface area contributed by atoms with Crippen molar-refractivity contribution in [2.45, 2.75) is 41.2 Å². The Kier molecular flexibility index (Phi) is 3.34. The first-order chi connectivity index (χ1) is 9.93. The number of nitrogens with zero attached hydrogens (tertiary/aromatic N) is 3. The molecule has 2 aromatic heterocycles. The first kappa shape index (κ1) is 14.2. The number of imidazole rings is 1. The fourth-order valence-corrected chi connectivity index (χ4v) is 3.56. The normalized spacial score (nSPS) is 11.5. The molecule has 0 spiro atoms. The summed E-state index contributed by atoms with van der Waals surface area (Å²) in [7, 11) is 0. The molecule has 0 aliphatic rings. The number of hydrogen-bond donors (Lipinski definition) is 1. The molecule has 4 nitrogen and oxygen atoms in total. The Balaban J connectivity index is 2.38. The number of benzene rings is 1. The number of aliphatic hydroxyl groups excluding tert-OH is 1. The van der Waals surface area contributed by atoms with Gasteiger partial charge in [-0.15, -0.1) is 0 Å². The lowest BCUT2D eigenvalue weighted by Gasteiger charge is -2.14. The average molecular weight is 301 g/mol. The van der Waals surface area contributed by atoms with Gasteiger partial charge in [-0.05, 0) is 56.9 Å². The Bertz CT molecular complexity index is 819. The molecule has 0 atom stereocenters. The molecule has 0 aliphatic carbocycles. The summed E-state index contributed by atoms with van der Waals surface area (Å²) in [5.41, 5.74) is 7.69. The summed E-state index contributed by atoms with van der Waals surface area (Å²) >= 11 is 1.55. The van der Waals surface area contributed by atoms with E-state index >= 15 is 0 Å². The van der Waals surface area contributed by atoms with Gasteiger partial charge in [-0.1, -0.05) is 17.4 Å². The Hall–Kier alpha value is -1.72. The van der Waals surface area contributed by atoms with Gasteiger partial charge in [0, 0.05) is 5.56 Å². The van der Waals surface area contributed by atoms with Crippen LogP contribution in [0, 0.1) is 34.6 Å². The number of aromatic nitrogens is 3. The Labute approximate surface area is 128 Å². The quantitative estimate of drug-likeness (QED) is 0.788. The van der Waals surface area contributed by atoms with Gasteiger partial charge in [-0.2, -0.15) is 5.10 Å². The Morgan fingerprint density at radius 1 is 1.10 bits per heavy atom. The van der Waals surface area contributed by atoms with Crippen molar-refractivity contribution in [3.63, 3.8) is 0 Å². The molecule has 3 rings (SSSR count). The highest BCUT2D eigenvalue weighted by Gasteiger charge is 2.20. The summed E-state index contributed by atoms with van der Waals surface area (Å²) in [6.45, 7) is 10.4. The molecule has 0 aliphatic heterocycles. The van der Waals surface area contributed by atoms with Crippen molar-refractivity contribution in [1.29, 1.82) is 0 Å². The van der Waals surface area contributed by atoms with Crippen LogP contribution in [0.2, 0.25) is 0 Å². The molecule has 110 valence electrons. The lowest BCUT2D eigenvalue weighted by Crippen LogP contribution is -2.00. The molecule has 3 aromatic rings. The topological polar surface area (TPSA) is 50.4 Å². The highest BCUT2D eigenvalue weighted by atomic mass is 32.1. The van der Waals surface area contributed by atoms with E-state index in [-0.39, 0.29) is 6.61 Å². The Morgan fingerprint density at radius 3 is 2.29 bits per heavy atom. The smallest absolute Gasteiger partial charge is 0.213 e. The minimum Gasteiger partial charge on any atom is -0.390 e. The fourth-order valence-electron chi connectivity index (χ4n) is 2.80. The number of fused-ring (bicyclic) bond motifs is 1. The van der Waals surface area contributed by atoms with Gasteiger partial charge in [-0.3, -0.25) is 0 Å². The summed E-state index contributed by atoms with van der Waals surface area (Å²) in [6, 6.07) is 2.20. The van der Waals surface area contributed by atoms with Crippen LogP contribution >= 0.6 is 11.3 Å². The third kappa shape index (κ3) is 2.08. The monoisotopic (exact) mass is 301 g/mol. The van der Waals surface area contributed by atoms with Crippen LogP contribution in [0.15, 0.2) is 6.07 Å². The zero-order chi connectivity index (χ0) is 15.3. The van der Waals surface area contributed by atoms with Crippen LogP contribution in [0.4, 0.5) is 0 Å². The molecule has 21 heavy (non-hydrogen) atoms. The van der Waals surface area contributed by atoms with Crippen LogP contribution in [0.1, 0.15) is 33.0 Å². The summed E-state index contributed by atoms with van der Waals surface area (Å²) < 4.78 is 1.77. The molecular weight excluding hydrogens is 282 g/mol. The van der Waals surface area contributed by atoms with Crippen LogP contribution < -0.4 is 0 Å². The minimum absolute atomic E-state index is 0.0639. The highest BCUT2D eigenvalue weighted by molar-refractivity contribution is 7.16. The SMILES string of the molecule is Cc1nn2c(CO)c(-c3c(C)c(C)cc(C)c3C)nc2s1. The molecule has 0 fully saturated rings. The molecule has 0 saturated carbocycles. The van der Waals surface area contributed by atoms with Gasteiger partial charge < -0.3 is 5.11 Å². The van der Waals surface area contributed by atoms with Crippen LogP contribution in [0.25, 0.3) is 16.2 Å². The van der Waals surface area contributed by atoms with E-state index in [0.29, 0.717) is 0 Å². The predicted molar refractivity (Wildman–Crippen MR) is 85.9 cm³/mol. The molecule has 0 bridgehead atoms. The zero-order valence-corrected chi connectivity index (χ0v) is 13.8. The standard InChI is InChI=1S/C16H19N3OS/c1-8-6-9(2)11(4)14(10(8)3)15-13(7-20)19-16(17-15)21-12(5)18-19/h6,20H,7H2,1-5H3. The fraction of sp³-hybridized carbons (Fsp3) is 0.375. The van der Waals surface area contributed by atoms with Gasteiger partial charge in [0.05, 0.1) is 18.0 Å². The second-order valence-corrected chi connectivity index (χ2v) is 6.68. The second kappa shape index (κ2) is 4.93. The van der Waals surface area contributed by atoms with Gasteiger partial charge in [0.25, 0.3) is 0 Å². The van der Waals surface area contributed by atoms with Crippen molar-refractivity contribution in [2.75, 3.05) is 0 Å². The third-order valence-corrected chi connectivity index (χ3v) is 4.97. The van der Waals surface area contributed by atoms with E-state index in [1.54, 1.807) is 15.9 Å². The maximum atomic E-state index is 9.80. The van der Waals surface area contributed by atoms with Gasteiger partial charge in [-0.25, -0.2) is 9.50 Å². The Morgan fingerprint density at radius 2 is 1.71 bits per heavy atom. The van der Waals surface area contributed by atoms with E-state index in [1.807, 2.05) is 6.92 Å². The number of hydrogen-bond acceptors (Lipinski definition) is 4. The molecule has 1 aromatic carbocycles. The number of aryl methyl sites for hydroxylation is 3. The molecular formula is C16H19N3OS. The predicted octanol–water partition coefficient (Wildman–Crippen LogP) is 3.49. The highest BCUT2D eigenvalue weighted by Crippen LogP contribution is 2.34. The molecule has 5 heteroatoms. The third-order valence-electron chi connectivity index (χ3n) is 4.15. The molecule has 0 amide bonds. The van der Waals surface area contributed by atoms with Crippen LogP contribution in [0.5, 0.6) is 0 Å². The summed E-state index contributed by atoms with van der Waals surface area (Å²) in [5, 5.41) is 15.2. The molecule has 2 heterocycles. The average Bonchev–Trinajstić information content (AvgIpc) is 2.92. The van der Waals surface area contributed by atoms with Gasteiger partial charge in [0.15, 0.2) is 0 Å². The van der Waals surface area contributed by atoms with E-state index < -0.39 is 0 Å². The van der Waals surface area contributed by atoms with Crippen LogP contribution in [-0.4, -0.2) is 19.7 Å². The van der Waals surface area contributed by atoms with Crippen molar-refractivity contribution in [2.24, 2.45) is 0 Å². The largest absolute Gasteiger partial charge is 0.390 e. The summed E-state index contributed by atoms with van der Waals surface area (Å²) in [4.78, 5) is 5.57. The van der Waals surface area contributed by atoms with Crippen molar-refractivity contribution >= 4 is 16.3 Å². The lowest BCUT2D eigenvalue weighted by molar-refractivity contribution is 0.275. The van der Waals surface area contributed by atoms with Crippen LogP contribution in [-0.2, 0) is 6.61 Å². The maximum absolute atomic E-state index is 9.80. The molecule has 0 unspecified atom stereocenters. The molecule has 1 N–H and O–H groups in total. The summed E-state index contributed by atoms with van der Waals surface area (Å²) in [6.07, 6.45) is 0. The van der Waals surface area contributed by atoms with E-state index in [9.17, 15) is 5.11 Å². The zero-order valence-electron chi connectivity index (χ0n) is 13.0. The van der Waals surface area contributed by atoms with Gasteiger partial charge in [0.1, 0.15) is 5.01 Å². The lowest BCUT2D eigenvalue weighted by atomic mass is 9.91. The van der Waals surface area contributed by atoms with Crippen molar-refractivity contribution in [1.82, 2.24) is 14.6 Å². The van der Waals surface area contributed by atoms with E-state index in [0.717, 1.165) is 26.9 Å². The summed E-state index contributed by atoms with van der Waals surface area (Å²) in [5.74, 6) is 0. The van der Waals surface area contributed by atoms with E-state index in [2.05, 4.69) is 38.9 Å². The van der Waals surface area contributed by atoms with Crippen LogP contribution in [0.3, 0.4) is 0 Å². The molecule has 0 radical (unpaired) electrons.